The Hall–Kier alpha value is -0.280. The van der Waals surface area contributed by atoms with E-state index in [-0.39, 0.29) is 24.4 Å². The highest BCUT2D eigenvalue weighted by Gasteiger charge is 2.37. The minimum absolute atomic E-state index is 0. The van der Waals surface area contributed by atoms with E-state index >= 15 is 0 Å². The monoisotopic (exact) mass is 274 g/mol. The van der Waals surface area contributed by atoms with E-state index in [4.69, 9.17) is 5.73 Å². The van der Waals surface area contributed by atoms with E-state index < -0.39 is 0 Å². The van der Waals surface area contributed by atoms with E-state index in [9.17, 15) is 4.79 Å². The summed E-state index contributed by atoms with van der Waals surface area (Å²) in [5.41, 5.74) is 5.99. The largest absolute Gasteiger partial charge is 0.339 e. The van der Waals surface area contributed by atoms with E-state index in [1.54, 1.807) is 0 Å². The predicted molar refractivity (Wildman–Crippen MR) is 76.8 cm³/mol. The summed E-state index contributed by atoms with van der Waals surface area (Å²) in [4.78, 5) is 14.7. The van der Waals surface area contributed by atoms with Gasteiger partial charge in [-0.15, -0.1) is 12.4 Å². The number of hydrogen-bond acceptors (Lipinski definition) is 2. The Bertz CT molecular complexity index is 279. The Balaban J connectivity index is 0.00000162. The van der Waals surface area contributed by atoms with Crippen LogP contribution in [0.2, 0.25) is 0 Å². The second-order valence-corrected chi connectivity index (χ2v) is 6.24. The Kier molecular flexibility index (Phi) is 5.93. The molecule has 2 unspecified atom stereocenters. The average molecular weight is 275 g/mol. The second kappa shape index (κ2) is 6.76. The molecule has 0 aromatic carbocycles. The Morgan fingerprint density at radius 1 is 1.28 bits per heavy atom. The van der Waals surface area contributed by atoms with Crippen molar-refractivity contribution in [3.8, 4) is 0 Å². The highest BCUT2D eigenvalue weighted by molar-refractivity contribution is 5.85. The lowest BCUT2D eigenvalue weighted by atomic mass is 9.85. The van der Waals surface area contributed by atoms with Gasteiger partial charge in [-0.3, -0.25) is 4.79 Å². The van der Waals surface area contributed by atoms with Gasteiger partial charge in [0.15, 0.2) is 0 Å². The van der Waals surface area contributed by atoms with Crippen molar-refractivity contribution >= 4 is 18.3 Å². The van der Waals surface area contributed by atoms with Gasteiger partial charge >= 0.3 is 0 Å². The molecule has 0 aliphatic heterocycles. The summed E-state index contributed by atoms with van der Waals surface area (Å²) < 4.78 is 0. The molecule has 2 aliphatic carbocycles. The van der Waals surface area contributed by atoms with Gasteiger partial charge in [0.2, 0.25) is 5.91 Å². The minimum Gasteiger partial charge on any atom is -0.339 e. The zero-order chi connectivity index (χ0) is 12.4. The Morgan fingerprint density at radius 2 is 1.94 bits per heavy atom. The van der Waals surface area contributed by atoms with E-state index in [1.165, 1.54) is 12.8 Å². The molecule has 3 nitrogen and oxygen atoms in total. The first-order valence-corrected chi connectivity index (χ1v) is 7.14. The van der Waals surface area contributed by atoms with Crippen molar-refractivity contribution in [2.45, 2.75) is 64.5 Å². The van der Waals surface area contributed by atoms with Crippen molar-refractivity contribution in [1.82, 2.24) is 4.90 Å². The van der Waals surface area contributed by atoms with Crippen molar-refractivity contribution in [3.05, 3.63) is 0 Å². The lowest BCUT2D eigenvalue weighted by Crippen LogP contribution is -2.43. The molecule has 2 N–H and O–H groups in total. The van der Waals surface area contributed by atoms with E-state index in [2.05, 4.69) is 18.7 Å². The first-order valence-electron chi connectivity index (χ1n) is 7.14. The first kappa shape index (κ1) is 15.8. The van der Waals surface area contributed by atoms with Crippen LogP contribution in [-0.4, -0.2) is 29.4 Å². The zero-order valence-electron chi connectivity index (χ0n) is 11.6. The molecule has 2 atom stereocenters. The highest BCUT2D eigenvalue weighted by Crippen LogP contribution is 2.32. The fourth-order valence-electron chi connectivity index (χ4n) is 2.88. The van der Waals surface area contributed by atoms with Crippen LogP contribution in [0.15, 0.2) is 0 Å². The third kappa shape index (κ3) is 4.13. The molecule has 18 heavy (non-hydrogen) atoms. The number of carbonyl (C=O) groups excluding carboxylic acids is 1. The molecule has 2 fully saturated rings. The number of halogens is 1. The van der Waals surface area contributed by atoms with Crippen LogP contribution in [0.1, 0.15) is 52.4 Å². The van der Waals surface area contributed by atoms with Gasteiger partial charge in [-0.1, -0.05) is 20.3 Å². The van der Waals surface area contributed by atoms with Gasteiger partial charge in [0.1, 0.15) is 0 Å². The van der Waals surface area contributed by atoms with E-state index in [0.717, 1.165) is 32.2 Å². The summed E-state index contributed by atoms with van der Waals surface area (Å²) in [6, 6.07) is 0.792. The van der Waals surface area contributed by atoms with Crippen LogP contribution in [0.5, 0.6) is 0 Å². The van der Waals surface area contributed by atoms with Gasteiger partial charge in [0.05, 0.1) is 0 Å². The van der Waals surface area contributed by atoms with E-state index in [1.807, 2.05) is 0 Å². The summed E-state index contributed by atoms with van der Waals surface area (Å²) in [5.74, 6) is 1.16. The molecule has 0 bridgehead atoms. The molecule has 1 amide bonds. The molecule has 0 radical (unpaired) electrons. The van der Waals surface area contributed by atoms with Crippen LogP contribution in [0.4, 0.5) is 0 Å². The van der Waals surface area contributed by atoms with Crippen LogP contribution in [-0.2, 0) is 4.79 Å². The maximum absolute atomic E-state index is 12.5. The van der Waals surface area contributed by atoms with Gasteiger partial charge < -0.3 is 10.6 Å². The topological polar surface area (TPSA) is 46.3 Å². The van der Waals surface area contributed by atoms with Gasteiger partial charge in [-0.05, 0) is 38.0 Å². The standard InChI is InChI=1S/C14H26N2O.ClH/c1-10(2)9-16(13-6-7-13)14(17)11-4-3-5-12(15)8-11;/h10-13H,3-9,15H2,1-2H3;1H. The van der Waals surface area contributed by atoms with Gasteiger partial charge in [-0.2, -0.15) is 0 Å². The normalized spacial score (nSPS) is 27.8. The van der Waals surface area contributed by atoms with Crippen LogP contribution >= 0.6 is 12.4 Å². The van der Waals surface area contributed by atoms with Gasteiger partial charge in [-0.25, -0.2) is 0 Å². The third-order valence-electron chi connectivity index (χ3n) is 3.90. The molecule has 2 saturated carbocycles. The summed E-state index contributed by atoms with van der Waals surface area (Å²) in [6.45, 7) is 5.31. The quantitative estimate of drug-likeness (QED) is 0.856. The van der Waals surface area contributed by atoms with Crippen molar-refractivity contribution in [1.29, 1.82) is 0 Å². The number of carbonyl (C=O) groups is 1. The minimum atomic E-state index is 0. The molecule has 2 rings (SSSR count). The molecule has 0 heterocycles. The number of amides is 1. The Labute approximate surface area is 117 Å². The zero-order valence-corrected chi connectivity index (χ0v) is 12.4. The summed E-state index contributed by atoms with van der Waals surface area (Å²) >= 11 is 0. The molecule has 0 aromatic heterocycles. The molecule has 4 heteroatoms. The number of nitrogens with zero attached hydrogens (tertiary/aromatic N) is 1. The number of hydrogen-bond donors (Lipinski definition) is 1. The summed E-state index contributed by atoms with van der Waals surface area (Å²) in [5, 5.41) is 0. The van der Waals surface area contributed by atoms with Crippen molar-refractivity contribution in [2.24, 2.45) is 17.6 Å². The lowest BCUT2D eigenvalue weighted by Gasteiger charge is -2.32. The fourth-order valence-corrected chi connectivity index (χ4v) is 2.88. The molecule has 0 spiro atoms. The Morgan fingerprint density at radius 3 is 2.44 bits per heavy atom. The van der Waals surface area contributed by atoms with Crippen molar-refractivity contribution < 1.29 is 4.79 Å². The summed E-state index contributed by atoms with van der Waals surface area (Å²) in [6.07, 6.45) is 6.58. The molecule has 2 aliphatic rings. The van der Waals surface area contributed by atoms with Crippen LogP contribution in [0, 0.1) is 11.8 Å². The first-order chi connectivity index (χ1) is 8.08. The number of nitrogens with two attached hydrogens (primary N) is 1. The predicted octanol–water partition coefficient (Wildman–Crippen LogP) is 2.57. The smallest absolute Gasteiger partial charge is 0.225 e. The molecular weight excluding hydrogens is 248 g/mol. The van der Waals surface area contributed by atoms with Crippen LogP contribution in [0.3, 0.4) is 0 Å². The fraction of sp³-hybridized carbons (Fsp3) is 0.929. The molecular formula is C14H27ClN2O. The van der Waals surface area contributed by atoms with E-state index in [0.29, 0.717) is 17.9 Å². The molecule has 0 aromatic rings. The third-order valence-corrected chi connectivity index (χ3v) is 3.90. The lowest BCUT2D eigenvalue weighted by molar-refractivity contribution is -0.137. The highest BCUT2D eigenvalue weighted by atomic mass is 35.5. The van der Waals surface area contributed by atoms with Crippen LogP contribution < -0.4 is 5.73 Å². The van der Waals surface area contributed by atoms with Crippen molar-refractivity contribution in [2.75, 3.05) is 6.54 Å². The van der Waals surface area contributed by atoms with Crippen molar-refractivity contribution in [3.63, 3.8) is 0 Å². The number of rotatable bonds is 4. The maximum Gasteiger partial charge on any atom is 0.225 e. The van der Waals surface area contributed by atoms with Gasteiger partial charge in [0, 0.05) is 24.5 Å². The summed E-state index contributed by atoms with van der Waals surface area (Å²) in [7, 11) is 0. The SMILES string of the molecule is CC(C)CN(C(=O)C1CCCC(N)C1)C1CC1.Cl. The molecule has 106 valence electrons. The van der Waals surface area contributed by atoms with Crippen LogP contribution in [0.25, 0.3) is 0 Å². The maximum atomic E-state index is 12.5. The van der Waals surface area contributed by atoms with Gasteiger partial charge in [0.25, 0.3) is 0 Å². The molecule has 0 saturated heterocycles. The second-order valence-electron chi connectivity index (χ2n) is 6.24. The average Bonchev–Trinajstić information content (AvgIpc) is 3.08.